The van der Waals surface area contributed by atoms with Crippen LogP contribution in [0.15, 0.2) is 76.3 Å². The van der Waals surface area contributed by atoms with Crippen molar-refractivity contribution in [2.45, 2.75) is 6.92 Å². The Morgan fingerprint density at radius 1 is 1.13 bits per heavy atom. The summed E-state index contributed by atoms with van der Waals surface area (Å²) in [5.74, 6) is -0.323. The van der Waals surface area contributed by atoms with Crippen LogP contribution in [0.1, 0.15) is 21.5 Å². The Morgan fingerprint density at radius 2 is 1.84 bits per heavy atom. The summed E-state index contributed by atoms with van der Waals surface area (Å²) in [7, 11) is 0. The summed E-state index contributed by atoms with van der Waals surface area (Å²) in [6.07, 6.45) is 1.48. The molecule has 0 fully saturated rings. The summed E-state index contributed by atoms with van der Waals surface area (Å²) < 4.78 is 1.83. The molecule has 4 rings (SSSR count). The van der Waals surface area contributed by atoms with Crippen LogP contribution < -0.4 is 5.01 Å². The molecule has 9 heteroatoms. The Kier molecular flexibility index (Phi) is 5.88. The molecule has 0 radical (unpaired) electrons. The third-order valence-corrected chi connectivity index (χ3v) is 5.92. The van der Waals surface area contributed by atoms with Gasteiger partial charge in [0.15, 0.2) is 0 Å². The van der Waals surface area contributed by atoms with Gasteiger partial charge in [-0.1, -0.05) is 45.0 Å². The first-order valence-corrected chi connectivity index (χ1v) is 10.8. The number of fused-ring (bicyclic) bond motifs is 1. The maximum atomic E-state index is 13.2. The number of thiazole rings is 1. The summed E-state index contributed by atoms with van der Waals surface area (Å²) in [6, 6.07) is 18.8. The number of hydrazone groups is 1. The van der Waals surface area contributed by atoms with Gasteiger partial charge in [-0.25, -0.2) is 4.98 Å². The van der Waals surface area contributed by atoms with E-state index in [1.807, 2.05) is 37.3 Å². The van der Waals surface area contributed by atoms with Crippen LogP contribution in [0.5, 0.6) is 0 Å². The summed E-state index contributed by atoms with van der Waals surface area (Å²) >= 11 is 4.80. The van der Waals surface area contributed by atoms with Gasteiger partial charge in [0.2, 0.25) is 5.13 Å². The molecule has 0 atom stereocenters. The number of nitro groups is 1. The van der Waals surface area contributed by atoms with Gasteiger partial charge in [-0.15, -0.1) is 0 Å². The number of rotatable bonds is 5. The van der Waals surface area contributed by atoms with Crippen molar-refractivity contribution in [2.75, 3.05) is 5.01 Å². The van der Waals surface area contributed by atoms with Gasteiger partial charge in [0.1, 0.15) is 0 Å². The number of hydrogen-bond acceptors (Lipinski definition) is 6. The van der Waals surface area contributed by atoms with Crippen molar-refractivity contribution in [1.82, 2.24) is 4.98 Å². The van der Waals surface area contributed by atoms with Gasteiger partial charge >= 0.3 is 0 Å². The van der Waals surface area contributed by atoms with Crippen LogP contribution in [-0.2, 0) is 0 Å². The Hall–Kier alpha value is -3.43. The van der Waals surface area contributed by atoms with Gasteiger partial charge in [0.25, 0.3) is 11.6 Å². The molecule has 0 unspecified atom stereocenters. The van der Waals surface area contributed by atoms with Crippen molar-refractivity contribution < 1.29 is 9.72 Å². The Morgan fingerprint density at radius 3 is 2.52 bits per heavy atom. The zero-order valence-corrected chi connectivity index (χ0v) is 18.6. The van der Waals surface area contributed by atoms with Gasteiger partial charge in [0, 0.05) is 22.2 Å². The Balaban J connectivity index is 1.73. The number of aromatic nitrogens is 1. The highest BCUT2D eigenvalue weighted by Gasteiger charge is 2.21. The minimum absolute atomic E-state index is 0.0125. The standard InChI is InChI=1S/C22H15BrN4O3S/c1-14-2-6-16(7-3-14)21(28)26(22-25-19-11-8-17(23)12-20(19)31-22)24-13-15-4-9-18(10-5-15)27(29)30/h2-13H,1H3/b24-13+. The van der Waals surface area contributed by atoms with E-state index in [9.17, 15) is 14.9 Å². The third kappa shape index (κ3) is 4.68. The van der Waals surface area contributed by atoms with Crippen molar-refractivity contribution >= 4 is 60.4 Å². The van der Waals surface area contributed by atoms with Gasteiger partial charge in [-0.05, 0) is 55.0 Å². The van der Waals surface area contributed by atoms with Crippen LogP contribution in [0.4, 0.5) is 10.8 Å². The van der Waals surface area contributed by atoms with E-state index < -0.39 is 4.92 Å². The van der Waals surface area contributed by atoms with E-state index in [0.717, 1.165) is 20.3 Å². The lowest BCUT2D eigenvalue weighted by Crippen LogP contribution is -2.25. The summed E-state index contributed by atoms with van der Waals surface area (Å²) in [4.78, 5) is 28.2. The smallest absolute Gasteiger partial charge is 0.267 e. The fourth-order valence-electron chi connectivity index (χ4n) is 2.79. The normalized spacial score (nSPS) is 11.2. The average Bonchev–Trinajstić information content (AvgIpc) is 3.17. The van der Waals surface area contributed by atoms with Crippen LogP contribution in [0.25, 0.3) is 10.2 Å². The lowest BCUT2D eigenvalue weighted by atomic mass is 10.1. The number of benzene rings is 3. The molecule has 154 valence electrons. The predicted octanol–water partition coefficient (Wildman–Crippen LogP) is 5.96. The second-order valence-electron chi connectivity index (χ2n) is 6.68. The van der Waals surface area contributed by atoms with E-state index in [1.54, 1.807) is 24.3 Å². The number of non-ortho nitro benzene ring substituents is 1. The van der Waals surface area contributed by atoms with Crippen molar-refractivity contribution in [3.8, 4) is 0 Å². The van der Waals surface area contributed by atoms with Crippen molar-refractivity contribution in [3.05, 3.63) is 98.0 Å². The summed E-state index contributed by atoms with van der Waals surface area (Å²) in [6.45, 7) is 1.95. The molecule has 0 saturated heterocycles. The Bertz CT molecular complexity index is 1300. The lowest BCUT2D eigenvalue weighted by molar-refractivity contribution is -0.384. The zero-order chi connectivity index (χ0) is 22.0. The third-order valence-electron chi connectivity index (χ3n) is 4.44. The van der Waals surface area contributed by atoms with Crippen LogP contribution in [-0.4, -0.2) is 22.0 Å². The molecule has 0 N–H and O–H groups in total. The number of carbonyl (C=O) groups is 1. The highest BCUT2D eigenvalue weighted by atomic mass is 79.9. The first-order valence-electron chi connectivity index (χ1n) is 9.16. The van der Waals surface area contributed by atoms with Gasteiger partial charge < -0.3 is 0 Å². The van der Waals surface area contributed by atoms with E-state index in [2.05, 4.69) is 26.0 Å². The first-order chi connectivity index (χ1) is 14.9. The SMILES string of the molecule is Cc1ccc(C(=O)N(/N=C/c2ccc([N+](=O)[O-])cc2)c2nc3ccc(Br)cc3s2)cc1. The second kappa shape index (κ2) is 8.75. The molecule has 7 nitrogen and oxygen atoms in total. The van der Waals surface area contributed by atoms with Crippen molar-refractivity contribution in [2.24, 2.45) is 5.10 Å². The lowest BCUT2D eigenvalue weighted by Gasteiger charge is -2.14. The van der Waals surface area contributed by atoms with E-state index in [1.165, 1.54) is 34.7 Å². The van der Waals surface area contributed by atoms with Gasteiger partial charge in [-0.3, -0.25) is 14.9 Å². The van der Waals surface area contributed by atoms with E-state index in [-0.39, 0.29) is 11.6 Å². The van der Waals surface area contributed by atoms with Crippen molar-refractivity contribution in [3.63, 3.8) is 0 Å². The van der Waals surface area contributed by atoms with Crippen LogP contribution >= 0.6 is 27.3 Å². The van der Waals surface area contributed by atoms with Crippen LogP contribution in [0, 0.1) is 17.0 Å². The first kappa shape index (κ1) is 20.8. The fraction of sp³-hybridized carbons (Fsp3) is 0.0455. The predicted molar refractivity (Wildman–Crippen MR) is 126 cm³/mol. The highest BCUT2D eigenvalue weighted by molar-refractivity contribution is 9.10. The number of aryl methyl sites for hydroxylation is 1. The number of amides is 1. The summed E-state index contributed by atoms with van der Waals surface area (Å²) in [5.41, 5.74) is 2.89. The van der Waals surface area contributed by atoms with E-state index in [4.69, 9.17) is 0 Å². The molecule has 0 saturated carbocycles. The molecule has 0 aliphatic carbocycles. The largest absolute Gasteiger partial charge is 0.280 e. The maximum absolute atomic E-state index is 13.2. The molecule has 1 heterocycles. The minimum atomic E-state index is -0.465. The number of nitrogens with zero attached hydrogens (tertiary/aromatic N) is 4. The number of nitro benzene ring substituents is 1. The van der Waals surface area contributed by atoms with Crippen LogP contribution in [0.3, 0.4) is 0 Å². The monoisotopic (exact) mass is 494 g/mol. The fourth-order valence-corrected chi connectivity index (χ4v) is 4.26. The van der Waals surface area contributed by atoms with Crippen molar-refractivity contribution in [1.29, 1.82) is 0 Å². The van der Waals surface area contributed by atoms with Crippen LogP contribution in [0.2, 0.25) is 0 Å². The molecule has 0 aliphatic rings. The topological polar surface area (TPSA) is 88.7 Å². The quantitative estimate of drug-likeness (QED) is 0.194. The summed E-state index contributed by atoms with van der Waals surface area (Å²) in [5, 5.41) is 16.9. The number of halogens is 1. The molecule has 4 aromatic rings. The zero-order valence-electron chi connectivity index (χ0n) is 16.2. The van der Waals surface area contributed by atoms with Gasteiger partial charge in [0.05, 0.1) is 21.4 Å². The molecule has 0 spiro atoms. The van der Waals surface area contributed by atoms with E-state index >= 15 is 0 Å². The number of hydrogen-bond donors (Lipinski definition) is 0. The number of anilines is 1. The van der Waals surface area contributed by atoms with Gasteiger partial charge in [-0.2, -0.15) is 10.1 Å². The highest BCUT2D eigenvalue weighted by Crippen LogP contribution is 2.32. The molecule has 0 bridgehead atoms. The molecule has 0 aliphatic heterocycles. The van der Waals surface area contributed by atoms with E-state index in [0.29, 0.717) is 16.3 Å². The second-order valence-corrected chi connectivity index (χ2v) is 8.61. The molecule has 1 aromatic heterocycles. The molecule has 1 amide bonds. The molecule has 31 heavy (non-hydrogen) atoms. The number of carbonyl (C=O) groups excluding carboxylic acids is 1. The Labute approximate surface area is 189 Å². The average molecular weight is 495 g/mol. The maximum Gasteiger partial charge on any atom is 0.280 e. The minimum Gasteiger partial charge on any atom is -0.267 e. The molecule has 3 aromatic carbocycles. The molecular weight excluding hydrogens is 480 g/mol. The molecular formula is C22H15BrN4O3S.